The smallest absolute Gasteiger partial charge is 0.240 e. The highest BCUT2D eigenvalue weighted by Crippen LogP contribution is 2.36. The Balaban J connectivity index is 1.58. The summed E-state index contributed by atoms with van der Waals surface area (Å²) in [6, 6.07) is 0.286. The van der Waals surface area contributed by atoms with Crippen LogP contribution in [0.25, 0.3) is 0 Å². The number of nitrogens with one attached hydrogen (secondary N) is 1. The number of piperidine rings is 1. The molecular weight excluding hydrogens is 352 g/mol. The fourth-order valence-corrected chi connectivity index (χ4v) is 4.89. The largest absolute Gasteiger partial charge is 0.370 e. The van der Waals surface area contributed by atoms with Crippen LogP contribution in [0, 0.1) is 17.3 Å². The maximum absolute atomic E-state index is 13.3. The van der Waals surface area contributed by atoms with Crippen LogP contribution in [0.15, 0.2) is 0 Å². The SMILES string of the molecule is CC(C)(C)C[C@@H]1NCCN([C@@H](CC2CC2)CN2CCC(CC(N)=O)CC2)C1=O. The Kier molecular flexibility index (Phi) is 7.02. The summed E-state index contributed by atoms with van der Waals surface area (Å²) >= 11 is 0. The number of nitrogens with two attached hydrogens (primary N) is 1. The van der Waals surface area contributed by atoms with Crippen LogP contribution in [0.5, 0.6) is 0 Å². The van der Waals surface area contributed by atoms with Crippen LogP contribution in [0.4, 0.5) is 0 Å². The van der Waals surface area contributed by atoms with Crippen LogP contribution in [-0.2, 0) is 9.59 Å². The molecule has 1 aliphatic carbocycles. The van der Waals surface area contributed by atoms with Crippen molar-refractivity contribution in [2.24, 2.45) is 23.0 Å². The van der Waals surface area contributed by atoms with Gasteiger partial charge >= 0.3 is 0 Å². The second kappa shape index (κ2) is 9.12. The lowest BCUT2D eigenvalue weighted by Gasteiger charge is -2.43. The number of carbonyl (C=O) groups is 2. The van der Waals surface area contributed by atoms with E-state index in [4.69, 9.17) is 5.73 Å². The first-order valence-electron chi connectivity index (χ1n) is 11.3. The predicted molar refractivity (Wildman–Crippen MR) is 112 cm³/mol. The highest BCUT2D eigenvalue weighted by molar-refractivity contribution is 5.83. The van der Waals surface area contributed by atoms with Gasteiger partial charge in [0, 0.05) is 32.1 Å². The molecule has 160 valence electrons. The van der Waals surface area contributed by atoms with Crippen molar-refractivity contribution in [1.29, 1.82) is 0 Å². The maximum atomic E-state index is 13.3. The minimum atomic E-state index is -0.179. The van der Waals surface area contributed by atoms with Crippen molar-refractivity contribution in [2.75, 3.05) is 32.7 Å². The standard InChI is InChI=1S/C22H40N4O2/c1-22(2,3)14-19-21(28)26(11-8-24-19)18(12-16-4-5-16)15-25-9-6-17(7-10-25)13-20(23)27/h16-19,24H,4-15H2,1-3H3,(H2,23,27)/t18-,19-/m0/s1. The molecule has 3 aliphatic rings. The number of likely N-dealkylation sites (tertiary alicyclic amines) is 1. The molecule has 0 aromatic rings. The van der Waals surface area contributed by atoms with Crippen LogP contribution < -0.4 is 11.1 Å². The van der Waals surface area contributed by atoms with Crippen LogP contribution >= 0.6 is 0 Å². The Morgan fingerprint density at radius 3 is 2.39 bits per heavy atom. The van der Waals surface area contributed by atoms with Crippen molar-refractivity contribution in [3.8, 4) is 0 Å². The molecule has 0 aromatic carbocycles. The summed E-state index contributed by atoms with van der Waals surface area (Å²) in [4.78, 5) is 29.1. The van der Waals surface area contributed by atoms with Crippen molar-refractivity contribution in [3.05, 3.63) is 0 Å². The summed E-state index contributed by atoms with van der Waals surface area (Å²) in [5.74, 6) is 1.37. The predicted octanol–water partition coefficient (Wildman–Crippen LogP) is 1.98. The van der Waals surface area contributed by atoms with Crippen LogP contribution in [-0.4, -0.2) is 66.4 Å². The number of nitrogens with zero attached hydrogens (tertiary/aromatic N) is 2. The number of primary amides is 1. The Morgan fingerprint density at radius 2 is 1.82 bits per heavy atom. The second-order valence-corrected chi connectivity index (χ2v) is 10.6. The minimum absolute atomic E-state index is 0.0447. The van der Waals surface area contributed by atoms with Gasteiger partial charge in [0.15, 0.2) is 0 Å². The van der Waals surface area contributed by atoms with Gasteiger partial charge in [-0.2, -0.15) is 0 Å². The zero-order valence-electron chi connectivity index (χ0n) is 18.1. The van der Waals surface area contributed by atoms with Gasteiger partial charge < -0.3 is 20.9 Å². The zero-order chi connectivity index (χ0) is 20.3. The highest BCUT2D eigenvalue weighted by Gasteiger charge is 2.38. The van der Waals surface area contributed by atoms with Gasteiger partial charge in [0.25, 0.3) is 0 Å². The van der Waals surface area contributed by atoms with Gasteiger partial charge in [-0.15, -0.1) is 0 Å². The van der Waals surface area contributed by atoms with Crippen molar-refractivity contribution in [3.63, 3.8) is 0 Å². The molecule has 0 radical (unpaired) electrons. The molecule has 0 bridgehead atoms. The Bertz CT molecular complexity index is 547. The number of hydrogen-bond donors (Lipinski definition) is 2. The van der Waals surface area contributed by atoms with E-state index >= 15 is 0 Å². The fourth-order valence-electron chi connectivity index (χ4n) is 4.89. The molecule has 0 spiro atoms. The van der Waals surface area contributed by atoms with E-state index in [2.05, 4.69) is 35.9 Å². The average molecular weight is 393 g/mol. The third kappa shape index (κ3) is 6.45. The Hall–Kier alpha value is -1.14. The average Bonchev–Trinajstić information content (AvgIpc) is 3.40. The summed E-state index contributed by atoms with van der Waals surface area (Å²) in [6.07, 6.45) is 7.28. The van der Waals surface area contributed by atoms with E-state index in [9.17, 15) is 9.59 Å². The summed E-state index contributed by atoms with van der Waals surface area (Å²) in [6.45, 7) is 11.4. The molecule has 0 unspecified atom stereocenters. The van der Waals surface area contributed by atoms with Crippen molar-refractivity contribution in [2.45, 2.75) is 77.8 Å². The molecule has 2 saturated heterocycles. The molecule has 0 aromatic heterocycles. The quantitative estimate of drug-likeness (QED) is 0.662. The molecule has 3 N–H and O–H groups in total. The molecule has 2 atom stereocenters. The van der Waals surface area contributed by atoms with E-state index in [1.54, 1.807) is 0 Å². The number of piperazine rings is 1. The van der Waals surface area contributed by atoms with Gasteiger partial charge in [0.05, 0.1) is 6.04 Å². The molecular formula is C22H40N4O2. The first kappa shape index (κ1) is 21.6. The van der Waals surface area contributed by atoms with E-state index in [1.165, 1.54) is 12.8 Å². The van der Waals surface area contributed by atoms with Gasteiger partial charge in [-0.1, -0.05) is 33.6 Å². The monoisotopic (exact) mass is 392 g/mol. The van der Waals surface area contributed by atoms with Crippen LogP contribution in [0.2, 0.25) is 0 Å². The molecule has 6 heteroatoms. The number of hydrogen-bond acceptors (Lipinski definition) is 4. The number of carbonyl (C=O) groups excluding carboxylic acids is 2. The molecule has 3 rings (SSSR count). The van der Waals surface area contributed by atoms with E-state index in [0.717, 1.165) is 64.3 Å². The molecule has 2 aliphatic heterocycles. The summed E-state index contributed by atoms with van der Waals surface area (Å²) in [7, 11) is 0. The summed E-state index contributed by atoms with van der Waals surface area (Å²) in [5.41, 5.74) is 5.51. The van der Waals surface area contributed by atoms with E-state index in [-0.39, 0.29) is 17.4 Å². The molecule has 1 saturated carbocycles. The molecule has 2 amide bonds. The van der Waals surface area contributed by atoms with Gasteiger partial charge in [-0.3, -0.25) is 9.59 Å². The molecule has 6 nitrogen and oxygen atoms in total. The zero-order valence-corrected chi connectivity index (χ0v) is 18.1. The third-order valence-corrected chi connectivity index (χ3v) is 6.55. The molecule has 2 heterocycles. The summed E-state index contributed by atoms with van der Waals surface area (Å²) in [5, 5.41) is 3.46. The fraction of sp³-hybridized carbons (Fsp3) is 0.909. The Morgan fingerprint density at radius 1 is 1.14 bits per heavy atom. The maximum Gasteiger partial charge on any atom is 0.240 e. The first-order chi connectivity index (χ1) is 13.2. The first-order valence-corrected chi connectivity index (χ1v) is 11.3. The second-order valence-electron chi connectivity index (χ2n) is 10.6. The molecule has 28 heavy (non-hydrogen) atoms. The van der Waals surface area contributed by atoms with E-state index < -0.39 is 0 Å². The molecule has 3 fully saturated rings. The van der Waals surface area contributed by atoms with Crippen molar-refractivity contribution in [1.82, 2.24) is 15.1 Å². The van der Waals surface area contributed by atoms with Crippen LogP contribution in [0.3, 0.4) is 0 Å². The highest BCUT2D eigenvalue weighted by atomic mass is 16.2. The van der Waals surface area contributed by atoms with Gasteiger partial charge in [-0.25, -0.2) is 0 Å². The summed E-state index contributed by atoms with van der Waals surface area (Å²) < 4.78 is 0. The van der Waals surface area contributed by atoms with Gasteiger partial charge in [0.2, 0.25) is 11.8 Å². The van der Waals surface area contributed by atoms with E-state index in [1.807, 2.05) is 0 Å². The number of amides is 2. The minimum Gasteiger partial charge on any atom is -0.370 e. The lowest BCUT2D eigenvalue weighted by molar-refractivity contribution is -0.140. The van der Waals surface area contributed by atoms with E-state index in [0.29, 0.717) is 24.3 Å². The number of rotatable bonds is 8. The third-order valence-electron chi connectivity index (χ3n) is 6.55. The Labute approximate surface area is 170 Å². The lowest BCUT2D eigenvalue weighted by Crippen LogP contribution is -2.60. The van der Waals surface area contributed by atoms with Crippen molar-refractivity contribution >= 4 is 11.8 Å². The topological polar surface area (TPSA) is 78.7 Å². The van der Waals surface area contributed by atoms with Crippen LogP contribution in [0.1, 0.15) is 65.7 Å². The van der Waals surface area contributed by atoms with Gasteiger partial charge in [-0.05, 0) is 56.0 Å². The normalized spacial score (nSPS) is 26.5. The van der Waals surface area contributed by atoms with Gasteiger partial charge in [0.1, 0.15) is 0 Å². The lowest BCUT2D eigenvalue weighted by atomic mass is 9.86. The van der Waals surface area contributed by atoms with Crippen molar-refractivity contribution < 1.29 is 9.59 Å².